The first-order valence-corrected chi connectivity index (χ1v) is 9.09. The van der Waals surface area contributed by atoms with Crippen molar-refractivity contribution in [3.05, 3.63) is 78.2 Å². The Hall–Kier alpha value is -3.74. The second kappa shape index (κ2) is 7.71. The van der Waals surface area contributed by atoms with Gasteiger partial charge in [0.25, 0.3) is 5.89 Å². The maximum Gasteiger partial charge on any atom is 0.274 e. The Kier molecular flexibility index (Phi) is 4.95. The average molecular weight is 390 g/mol. The normalized spacial score (nSPS) is 10.9. The lowest BCUT2D eigenvalue weighted by atomic mass is 10.2. The molecule has 0 saturated carbocycles. The summed E-state index contributed by atoms with van der Waals surface area (Å²) in [6, 6.07) is 17.2. The third kappa shape index (κ3) is 3.94. The van der Waals surface area contributed by atoms with E-state index in [-0.39, 0.29) is 18.3 Å². The number of carbonyl (C=O) groups is 1. The topological polar surface area (TPSA) is 64.2 Å². The van der Waals surface area contributed by atoms with Crippen LogP contribution in [0.4, 0.5) is 10.1 Å². The minimum atomic E-state index is -0.331. The van der Waals surface area contributed by atoms with E-state index in [9.17, 15) is 9.18 Å². The zero-order chi connectivity index (χ0) is 20.4. The summed E-state index contributed by atoms with van der Waals surface area (Å²) in [4.78, 5) is 18.8. The minimum Gasteiger partial charge on any atom is -0.334 e. The summed E-state index contributed by atoms with van der Waals surface area (Å²) in [5, 5.41) is 3.97. The Morgan fingerprint density at radius 1 is 1.14 bits per heavy atom. The molecule has 0 atom stereocenters. The Bertz CT molecular complexity index is 1150. The molecule has 0 aliphatic heterocycles. The summed E-state index contributed by atoms with van der Waals surface area (Å²) in [7, 11) is 1.75. The third-order valence-corrected chi connectivity index (χ3v) is 4.65. The highest BCUT2D eigenvalue weighted by molar-refractivity contribution is 5.93. The molecule has 0 fully saturated rings. The van der Waals surface area contributed by atoms with Gasteiger partial charge in [0.15, 0.2) is 0 Å². The molecule has 1 amide bonds. The fraction of sp³-hybridized carbons (Fsp3) is 0.136. The van der Waals surface area contributed by atoms with E-state index < -0.39 is 0 Å². The standard InChI is InChI=1S/C22H19FN4O2/c1-15-5-3-6-18(13-15)26(2)20(28)14-27-12-4-7-19(27)22-24-21(25-29-22)16-8-10-17(23)11-9-16/h3-13H,14H2,1-2H3. The summed E-state index contributed by atoms with van der Waals surface area (Å²) in [5.74, 6) is 0.241. The lowest BCUT2D eigenvalue weighted by Gasteiger charge is -2.18. The number of aryl methyl sites for hydroxylation is 1. The third-order valence-electron chi connectivity index (χ3n) is 4.65. The van der Waals surface area contributed by atoms with E-state index in [0.29, 0.717) is 23.0 Å². The second-order valence-electron chi connectivity index (χ2n) is 6.74. The van der Waals surface area contributed by atoms with Crippen molar-refractivity contribution in [2.24, 2.45) is 0 Å². The number of benzene rings is 2. The monoisotopic (exact) mass is 390 g/mol. The summed E-state index contributed by atoms with van der Waals surface area (Å²) < 4.78 is 20.2. The molecule has 146 valence electrons. The molecule has 7 heteroatoms. The molecule has 0 spiro atoms. The zero-order valence-electron chi connectivity index (χ0n) is 16.0. The van der Waals surface area contributed by atoms with Crippen molar-refractivity contribution in [1.82, 2.24) is 14.7 Å². The van der Waals surface area contributed by atoms with Crippen molar-refractivity contribution >= 4 is 11.6 Å². The van der Waals surface area contributed by atoms with Gasteiger partial charge in [0.05, 0.1) is 0 Å². The number of aromatic nitrogens is 3. The van der Waals surface area contributed by atoms with Gasteiger partial charge in [0, 0.05) is 24.5 Å². The lowest BCUT2D eigenvalue weighted by Crippen LogP contribution is -2.30. The number of nitrogens with zero attached hydrogens (tertiary/aromatic N) is 4. The molecular formula is C22H19FN4O2. The molecule has 0 bridgehead atoms. The van der Waals surface area contributed by atoms with Gasteiger partial charge in [-0.1, -0.05) is 17.3 Å². The number of anilines is 1. The van der Waals surface area contributed by atoms with Crippen molar-refractivity contribution in [3.8, 4) is 23.0 Å². The molecule has 4 rings (SSSR count). The molecule has 0 saturated heterocycles. The van der Waals surface area contributed by atoms with Gasteiger partial charge in [0.1, 0.15) is 18.1 Å². The Labute approximate surface area is 167 Å². The predicted octanol–water partition coefficient (Wildman–Crippen LogP) is 4.32. The fourth-order valence-electron chi connectivity index (χ4n) is 3.02. The smallest absolute Gasteiger partial charge is 0.274 e. The minimum absolute atomic E-state index is 0.0775. The van der Waals surface area contributed by atoms with E-state index >= 15 is 0 Å². The molecule has 2 heterocycles. The van der Waals surface area contributed by atoms with Gasteiger partial charge in [-0.25, -0.2) is 4.39 Å². The first-order valence-electron chi connectivity index (χ1n) is 9.09. The van der Waals surface area contributed by atoms with Gasteiger partial charge in [-0.3, -0.25) is 4.79 Å². The SMILES string of the molecule is Cc1cccc(N(C)C(=O)Cn2cccc2-c2nc(-c3ccc(F)cc3)no2)c1. The summed E-state index contributed by atoms with van der Waals surface area (Å²) >= 11 is 0. The molecule has 6 nitrogen and oxygen atoms in total. The first-order chi connectivity index (χ1) is 14.0. The molecule has 2 aromatic heterocycles. The number of halogens is 1. The van der Waals surface area contributed by atoms with Gasteiger partial charge >= 0.3 is 0 Å². The molecule has 0 N–H and O–H groups in total. The predicted molar refractivity (Wildman–Crippen MR) is 108 cm³/mol. The number of rotatable bonds is 5. The molecule has 0 aliphatic carbocycles. The number of likely N-dealkylation sites (N-methyl/N-ethyl adjacent to an activating group) is 1. The van der Waals surface area contributed by atoms with Crippen LogP contribution in [0.1, 0.15) is 5.56 Å². The first kappa shape index (κ1) is 18.6. The van der Waals surface area contributed by atoms with Crippen LogP contribution in [0.2, 0.25) is 0 Å². The van der Waals surface area contributed by atoms with Crippen LogP contribution in [-0.2, 0) is 11.3 Å². The molecule has 4 aromatic rings. The van der Waals surface area contributed by atoms with Crippen LogP contribution in [-0.4, -0.2) is 27.7 Å². The van der Waals surface area contributed by atoms with Crippen LogP contribution in [0, 0.1) is 12.7 Å². The number of amides is 1. The molecule has 2 aromatic carbocycles. The van der Waals surface area contributed by atoms with Crippen molar-refractivity contribution in [2.75, 3.05) is 11.9 Å². The number of hydrogen-bond donors (Lipinski definition) is 0. The van der Waals surface area contributed by atoms with Crippen molar-refractivity contribution in [2.45, 2.75) is 13.5 Å². The Balaban J connectivity index is 1.54. The van der Waals surface area contributed by atoms with Crippen molar-refractivity contribution < 1.29 is 13.7 Å². The van der Waals surface area contributed by atoms with E-state index in [4.69, 9.17) is 4.52 Å². The molecular weight excluding hydrogens is 371 g/mol. The van der Waals surface area contributed by atoms with Crippen LogP contribution in [0.15, 0.2) is 71.4 Å². The molecule has 29 heavy (non-hydrogen) atoms. The Morgan fingerprint density at radius 3 is 2.69 bits per heavy atom. The van der Waals surface area contributed by atoms with Gasteiger partial charge < -0.3 is 14.0 Å². The van der Waals surface area contributed by atoms with Crippen molar-refractivity contribution in [1.29, 1.82) is 0 Å². The van der Waals surface area contributed by atoms with E-state index in [1.807, 2.05) is 43.3 Å². The Morgan fingerprint density at radius 2 is 1.93 bits per heavy atom. The summed E-state index contributed by atoms with van der Waals surface area (Å²) in [6.07, 6.45) is 1.79. The molecule has 0 unspecified atom stereocenters. The van der Waals surface area contributed by atoms with E-state index in [1.165, 1.54) is 12.1 Å². The molecule has 0 radical (unpaired) electrons. The largest absolute Gasteiger partial charge is 0.334 e. The second-order valence-corrected chi connectivity index (χ2v) is 6.74. The number of carbonyl (C=O) groups excluding carboxylic acids is 1. The lowest BCUT2D eigenvalue weighted by molar-refractivity contribution is -0.118. The van der Waals surface area contributed by atoms with Crippen LogP contribution >= 0.6 is 0 Å². The average Bonchev–Trinajstić information content (AvgIpc) is 3.37. The van der Waals surface area contributed by atoms with Gasteiger partial charge in [0.2, 0.25) is 11.7 Å². The van der Waals surface area contributed by atoms with Crippen LogP contribution in [0.3, 0.4) is 0 Å². The highest BCUT2D eigenvalue weighted by Crippen LogP contribution is 2.23. The highest BCUT2D eigenvalue weighted by atomic mass is 19.1. The highest BCUT2D eigenvalue weighted by Gasteiger charge is 2.17. The van der Waals surface area contributed by atoms with Gasteiger partial charge in [-0.05, 0) is 61.0 Å². The van der Waals surface area contributed by atoms with Crippen LogP contribution in [0.25, 0.3) is 23.0 Å². The van der Waals surface area contributed by atoms with Gasteiger partial charge in [-0.2, -0.15) is 4.98 Å². The zero-order valence-corrected chi connectivity index (χ0v) is 16.0. The van der Waals surface area contributed by atoms with E-state index in [2.05, 4.69) is 10.1 Å². The van der Waals surface area contributed by atoms with Crippen LogP contribution < -0.4 is 4.90 Å². The fourth-order valence-corrected chi connectivity index (χ4v) is 3.02. The summed E-state index contributed by atoms with van der Waals surface area (Å²) in [5.41, 5.74) is 3.20. The van der Waals surface area contributed by atoms with Gasteiger partial charge in [-0.15, -0.1) is 0 Å². The number of hydrogen-bond acceptors (Lipinski definition) is 4. The van der Waals surface area contributed by atoms with Crippen molar-refractivity contribution in [3.63, 3.8) is 0 Å². The maximum atomic E-state index is 13.1. The quantitative estimate of drug-likeness (QED) is 0.509. The molecule has 0 aliphatic rings. The van der Waals surface area contributed by atoms with E-state index in [1.54, 1.807) is 34.8 Å². The van der Waals surface area contributed by atoms with E-state index in [0.717, 1.165) is 11.3 Å². The summed E-state index contributed by atoms with van der Waals surface area (Å²) in [6.45, 7) is 2.11. The van der Waals surface area contributed by atoms with Crippen LogP contribution in [0.5, 0.6) is 0 Å². The maximum absolute atomic E-state index is 13.1.